The average Bonchev–Trinajstić information content (AvgIpc) is 3.61. The smallest absolute Gasteiger partial charge is 0.255 e. The van der Waals surface area contributed by atoms with Crippen molar-refractivity contribution in [2.45, 2.75) is 38.8 Å². The quantitative estimate of drug-likeness (QED) is 0.451. The summed E-state index contributed by atoms with van der Waals surface area (Å²) in [6.07, 6.45) is 5.82. The van der Waals surface area contributed by atoms with Crippen LogP contribution in [0.15, 0.2) is 71.6 Å². The van der Waals surface area contributed by atoms with Crippen LogP contribution in [0.2, 0.25) is 0 Å². The number of aromatic nitrogens is 4. The molecule has 1 aliphatic heterocycles. The van der Waals surface area contributed by atoms with Crippen molar-refractivity contribution < 1.29 is 9.21 Å². The summed E-state index contributed by atoms with van der Waals surface area (Å²) in [6.45, 7) is 6.77. The average molecular weight is 457 g/mol. The number of furan rings is 1. The van der Waals surface area contributed by atoms with Crippen LogP contribution in [-0.4, -0.2) is 49.7 Å². The largest absolute Gasteiger partial charge is 0.463 e. The monoisotopic (exact) mass is 456 g/mol. The number of nitrogens with one attached hydrogen (secondary N) is 1. The predicted octanol–water partition coefficient (Wildman–Crippen LogP) is 4.05. The normalized spacial score (nSPS) is 16.3. The maximum atomic E-state index is 13.3. The van der Waals surface area contributed by atoms with E-state index < -0.39 is 0 Å². The first-order chi connectivity index (χ1) is 16.6. The highest BCUT2D eigenvalue weighted by atomic mass is 16.3. The van der Waals surface area contributed by atoms with Crippen LogP contribution < -0.4 is 5.32 Å². The van der Waals surface area contributed by atoms with Gasteiger partial charge in [-0.05, 0) is 36.1 Å². The molecule has 0 radical (unpaired) electrons. The third kappa shape index (κ3) is 4.63. The molecule has 0 bridgehead atoms. The molecule has 1 unspecified atom stereocenters. The highest BCUT2D eigenvalue weighted by molar-refractivity contribution is 5.95. The van der Waals surface area contributed by atoms with E-state index in [1.807, 2.05) is 32.0 Å². The second-order valence-corrected chi connectivity index (χ2v) is 8.91. The van der Waals surface area contributed by atoms with E-state index >= 15 is 0 Å². The van der Waals surface area contributed by atoms with Crippen molar-refractivity contribution in [2.24, 2.45) is 0 Å². The maximum Gasteiger partial charge on any atom is 0.255 e. The first-order valence-electron chi connectivity index (χ1n) is 11.6. The first-order valence-corrected chi connectivity index (χ1v) is 11.6. The van der Waals surface area contributed by atoms with E-state index in [4.69, 9.17) is 4.42 Å². The van der Waals surface area contributed by atoms with Gasteiger partial charge in [0.15, 0.2) is 5.76 Å². The summed E-state index contributed by atoms with van der Waals surface area (Å²) < 4.78 is 7.12. The number of nitrogens with zero attached hydrogens (tertiary/aromatic N) is 5. The zero-order valence-corrected chi connectivity index (χ0v) is 19.4. The van der Waals surface area contributed by atoms with Gasteiger partial charge in [-0.3, -0.25) is 9.69 Å². The Bertz CT molecular complexity index is 1250. The molecular formula is C26H28N6O2. The lowest BCUT2D eigenvalue weighted by atomic mass is 10.0. The Morgan fingerprint density at radius 2 is 2.03 bits per heavy atom. The number of benzene rings is 1. The second-order valence-electron chi connectivity index (χ2n) is 8.91. The standard InChI is InChI=1S/C26H28N6O2/c1-18(2)24-21(15-28-32(24)26-27-12-10-22(30-26)23-9-6-14-34-23)25(33)29-20-11-13-31(17-20)16-19-7-4-3-5-8-19/h3-10,12,14-15,18,20H,11,13,16-17H2,1-2H3,(H,29,33). The van der Waals surface area contributed by atoms with Gasteiger partial charge in [0.05, 0.1) is 23.7 Å². The molecule has 1 atom stereocenters. The van der Waals surface area contributed by atoms with Crippen LogP contribution in [0.1, 0.15) is 47.8 Å². The number of hydrogen-bond donors (Lipinski definition) is 1. The van der Waals surface area contributed by atoms with Crippen LogP contribution in [0.3, 0.4) is 0 Å². The molecule has 1 aromatic carbocycles. The molecule has 1 N–H and O–H groups in total. The molecule has 1 fully saturated rings. The number of amides is 1. The van der Waals surface area contributed by atoms with Crippen molar-refractivity contribution in [1.29, 1.82) is 0 Å². The molecular weight excluding hydrogens is 428 g/mol. The minimum absolute atomic E-state index is 0.0530. The fourth-order valence-corrected chi connectivity index (χ4v) is 4.46. The molecule has 1 saturated heterocycles. The first kappa shape index (κ1) is 22.0. The van der Waals surface area contributed by atoms with E-state index in [2.05, 4.69) is 49.5 Å². The maximum absolute atomic E-state index is 13.3. The van der Waals surface area contributed by atoms with Gasteiger partial charge in [0.25, 0.3) is 11.9 Å². The molecule has 8 nitrogen and oxygen atoms in total. The van der Waals surface area contributed by atoms with Gasteiger partial charge in [0.2, 0.25) is 0 Å². The van der Waals surface area contributed by atoms with Gasteiger partial charge in [-0.25, -0.2) is 14.6 Å². The molecule has 8 heteroatoms. The van der Waals surface area contributed by atoms with Crippen molar-refractivity contribution in [3.8, 4) is 17.4 Å². The Labute approximate surface area is 198 Å². The Hall–Kier alpha value is -3.78. The van der Waals surface area contributed by atoms with E-state index in [1.54, 1.807) is 29.4 Å². The molecule has 174 valence electrons. The minimum atomic E-state index is -0.108. The van der Waals surface area contributed by atoms with Crippen LogP contribution >= 0.6 is 0 Å². The van der Waals surface area contributed by atoms with Gasteiger partial charge in [0, 0.05) is 31.9 Å². The van der Waals surface area contributed by atoms with Crippen LogP contribution in [0.25, 0.3) is 17.4 Å². The number of carbonyl (C=O) groups excluding carboxylic acids is 1. The van der Waals surface area contributed by atoms with Crippen molar-refractivity contribution in [2.75, 3.05) is 13.1 Å². The predicted molar refractivity (Wildman–Crippen MR) is 129 cm³/mol. The number of carbonyl (C=O) groups is 1. The number of likely N-dealkylation sites (tertiary alicyclic amines) is 1. The summed E-state index contributed by atoms with van der Waals surface area (Å²) >= 11 is 0. The molecule has 1 aliphatic rings. The van der Waals surface area contributed by atoms with E-state index in [-0.39, 0.29) is 17.9 Å². The lowest BCUT2D eigenvalue weighted by Crippen LogP contribution is -2.37. The summed E-state index contributed by atoms with van der Waals surface area (Å²) in [7, 11) is 0. The molecule has 4 heterocycles. The molecule has 0 spiro atoms. The van der Waals surface area contributed by atoms with Gasteiger partial charge in [-0.1, -0.05) is 44.2 Å². The van der Waals surface area contributed by atoms with Crippen LogP contribution in [0, 0.1) is 0 Å². The van der Waals surface area contributed by atoms with Crippen molar-refractivity contribution in [3.63, 3.8) is 0 Å². The van der Waals surface area contributed by atoms with E-state index in [0.29, 0.717) is 23.0 Å². The fraction of sp³-hybridized carbons (Fsp3) is 0.308. The number of hydrogen-bond acceptors (Lipinski definition) is 6. The molecule has 5 rings (SSSR count). The highest BCUT2D eigenvalue weighted by Crippen LogP contribution is 2.24. The summed E-state index contributed by atoms with van der Waals surface area (Å²) in [5.41, 5.74) is 3.29. The zero-order chi connectivity index (χ0) is 23.5. The Morgan fingerprint density at radius 3 is 2.79 bits per heavy atom. The fourth-order valence-electron chi connectivity index (χ4n) is 4.46. The minimum Gasteiger partial charge on any atom is -0.463 e. The van der Waals surface area contributed by atoms with Crippen LogP contribution in [0.4, 0.5) is 0 Å². The van der Waals surface area contributed by atoms with Gasteiger partial charge in [-0.15, -0.1) is 0 Å². The highest BCUT2D eigenvalue weighted by Gasteiger charge is 2.27. The van der Waals surface area contributed by atoms with E-state index in [9.17, 15) is 4.79 Å². The topological polar surface area (TPSA) is 89.1 Å². The van der Waals surface area contributed by atoms with Gasteiger partial charge >= 0.3 is 0 Å². The molecule has 0 saturated carbocycles. The van der Waals surface area contributed by atoms with Crippen LogP contribution in [-0.2, 0) is 6.54 Å². The molecule has 4 aromatic rings. The summed E-state index contributed by atoms with van der Waals surface area (Å²) in [5, 5.41) is 7.70. The second kappa shape index (κ2) is 9.61. The summed E-state index contributed by atoms with van der Waals surface area (Å²) in [6, 6.07) is 16.0. The van der Waals surface area contributed by atoms with Gasteiger partial charge in [0.1, 0.15) is 5.69 Å². The number of rotatable bonds is 7. The SMILES string of the molecule is CC(C)c1c(C(=O)NC2CCN(Cc3ccccc3)C2)cnn1-c1nccc(-c2ccco2)n1. The third-order valence-corrected chi connectivity index (χ3v) is 6.06. The lowest BCUT2D eigenvalue weighted by Gasteiger charge is -2.17. The lowest BCUT2D eigenvalue weighted by molar-refractivity contribution is 0.0936. The van der Waals surface area contributed by atoms with Crippen molar-refractivity contribution in [1.82, 2.24) is 30.0 Å². The third-order valence-electron chi connectivity index (χ3n) is 6.06. The Kier molecular flexibility index (Phi) is 6.22. The molecule has 34 heavy (non-hydrogen) atoms. The van der Waals surface area contributed by atoms with E-state index in [0.717, 1.165) is 31.7 Å². The van der Waals surface area contributed by atoms with Crippen LogP contribution in [0.5, 0.6) is 0 Å². The van der Waals surface area contributed by atoms with Crippen molar-refractivity contribution in [3.05, 3.63) is 84.0 Å². The summed E-state index contributed by atoms with van der Waals surface area (Å²) in [5.74, 6) is 1.01. The van der Waals surface area contributed by atoms with Gasteiger partial charge < -0.3 is 9.73 Å². The molecule has 0 aliphatic carbocycles. The van der Waals surface area contributed by atoms with Gasteiger partial charge in [-0.2, -0.15) is 5.10 Å². The molecule has 1 amide bonds. The Balaban J connectivity index is 1.32. The Morgan fingerprint density at radius 1 is 1.18 bits per heavy atom. The zero-order valence-electron chi connectivity index (χ0n) is 19.4. The van der Waals surface area contributed by atoms with E-state index in [1.165, 1.54) is 5.56 Å². The van der Waals surface area contributed by atoms with Crippen molar-refractivity contribution >= 4 is 5.91 Å². The summed E-state index contributed by atoms with van der Waals surface area (Å²) in [4.78, 5) is 24.6. The molecule has 3 aromatic heterocycles.